The fourth-order valence-corrected chi connectivity index (χ4v) is 3.71. The molecule has 2 aromatic rings. The molecule has 0 bridgehead atoms. The fourth-order valence-electron chi connectivity index (χ4n) is 1.75. The van der Waals surface area contributed by atoms with Crippen LogP contribution in [-0.4, -0.2) is 30.2 Å². The molecule has 0 fully saturated rings. The van der Waals surface area contributed by atoms with Gasteiger partial charge in [0, 0.05) is 5.41 Å². The molecule has 17 heavy (non-hydrogen) atoms. The first-order valence-corrected chi connectivity index (χ1v) is 7.59. The average Bonchev–Trinajstić information content (AvgIpc) is 2.85. The van der Waals surface area contributed by atoms with Crippen molar-refractivity contribution in [2.24, 2.45) is 0 Å². The molecule has 7 heteroatoms. The van der Waals surface area contributed by atoms with Gasteiger partial charge in [-0.15, -0.1) is 11.3 Å². The number of nitrogens with one attached hydrogen (secondary N) is 1. The zero-order chi connectivity index (χ0) is 11.9. The van der Waals surface area contributed by atoms with Gasteiger partial charge in [-0.2, -0.15) is 0 Å². The van der Waals surface area contributed by atoms with Crippen LogP contribution in [0.3, 0.4) is 0 Å². The molecule has 1 N–H and O–H groups in total. The van der Waals surface area contributed by atoms with Crippen LogP contribution in [0.15, 0.2) is 29.3 Å². The highest BCUT2D eigenvalue weighted by Crippen LogP contribution is 2.25. The Morgan fingerprint density at radius 3 is 3.06 bits per heavy atom. The molecule has 1 aliphatic heterocycles. The van der Waals surface area contributed by atoms with E-state index < -0.39 is 9.84 Å². The van der Waals surface area contributed by atoms with E-state index in [4.69, 9.17) is 0 Å². The third-order valence-electron chi connectivity index (χ3n) is 2.51. The van der Waals surface area contributed by atoms with E-state index in [2.05, 4.69) is 15.3 Å². The molecule has 88 valence electrons. The first kappa shape index (κ1) is 10.7. The number of sulfone groups is 1. The van der Waals surface area contributed by atoms with E-state index in [1.54, 1.807) is 6.08 Å². The van der Waals surface area contributed by atoms with Crippen molar-refractivity contribution in [3.63, 3.8) is 0 Å². The summed E-state index contributed by atoms with van der Waals surface area (Å²) in [6, 6.07) is 1.72. The van der Waals surface area contributed by atoms with Gasteiger partial charge in [-0.3, -0.25) is 0 Å². The Bertz CT molecular complexity index is 690. The summed E-state index contributed by atoms with van der Waals surface area (Å²) in [5, 5.41) is 7.22. The van der Waals surface area contributed by atoms with Gasteiger partial charge in [-0.05, 0) is 17.5 Å². The third-order valence-corrected chi connectivity index (χ3v) is 4.73. The van der Waals surface area contributed by atoms with Crippen LogP contribution in [0.5, 0.6) is 0 Å². The molecule has 0 saturated carbocycles. The summed E-state index contributed by atoms with van der Waals surface area (Å²) in [4.78, 5) is 9.18. The van der Waals surface area contributed by atoms with E-state index in [1.165, 1.54) is 23.1 Å². The van der Waals surface area contributed by atoms with E-state index in [-0.39, 0.29) is 11.8 Å². The molecule has 1 aliphatic rings. The van der Waals surface area contributed by atoms with Crippen LogP contribution in [0.2, 0.25) is 0 Å². The van der Waals surface area contributed by atoms with Crippen molar-refractivity contribution in [2.75, 3.05) is 11.1 Å². The predicted octanol–water partition coefficient (Wildman–Crippen LogP) is 1.41. The van der Waals surface area contributed by atoms with Crippen molar-refractivity contribution < 1.29 is 8.42 Å². The maximum Gasteiger partial charge on any atom is 0.173 e. The van der Waals surface area contributed by atoms with Gasteiger partial charge in [0.1, 0.15) is 17.0 Å². The molecule has 5 nitrogen and oxygen atoms in total. The quantitative estimate of drug-likeness (QED) is 0.890. The highest BCUT2D eigenvalue weighted by molar-refractivity contribution is 7.94. The molecule has 1 atom stereocenters. The molecule has 3 heterocycles. The SMILES string of the molecule is O=S1(=O)C=C[C@@H](Nc2ncnc3sccc23)C1. The van der Waals surface area contributed by atoms with E-state index >= 15 is 0 Å². The van der Waals surface area contributed by atoms with Crippen LogP contribution >= 0.6 is 11.3 Å². The van der Waals surface area contributed by atoms with Crippen LogP contribution in [-0.2, 0) is 9.84 Å². The molecule has 0 radical (unpaired) electrons. The van der Waals surface area contributed by atoms with Crippen molar-refractivity contribution in [2.45, 2.75) is 6.04 Å². The first-order chi connectivity index (χ1) is 8.14. The molecule has 0 spiro atoms. The molecule has 2 aromatic heterocycles. The first-order valence-electron chi connectivity index (χ1n) is 5.00. The number of hydrogen-bond donors (Lipinski definition) is 1. The second-order valence-corrected chi connectivity index (χ2v) is 6.60. The number of anilines is 1. The van der Waals surface area contributed by atoms with Gasteiger partial charge < -0.3 is 5.32 Å². The number of thiophene rings is 1. The van der Waals surface area contributed by atoms with Gasteiger partial charge in [0.05, 0.1) is 17.2 Å². The maximum absolute atomic E-state index is 11.3. The third kappa shape index (κ3) is 2.03. The molecule has 0 aromatic carbocycles. The summed E-state index contributed by atoms with van der Waals surface area (Å²) >= 11 is 1.53. The van der Waals surface area contributed by atoms with Crippen molar-refractivity contribution in [1.82, 2.24) is 9.97 Å². The molecular weight excluding hydrogens is 258 g/mol. The lowest BCUT2D eigenvalue weighted by molar-refractivity contribution is 0.605. The summed E-state index contributed by atoms with van der Waals surface area (Å²) in [7, 11) is -3.04. The summed E-state index contributed by atoms with van der Waals surface area (Å²) in [6.07, 6.45) is 3.13. The number of aromatic nitrogens is 2. The highest BCUT2D eigenvalue weighted by atomic mass is 32.2. The topological polar surface area (TPSA) is 72.0 Å². The molecule has 0 saturated heterocycles. The molecule has 0 amide bonds. The summed E-state index contributed by atoms with van der Waals surface area (Å²) < 4.78 is 22.6. The number of nitrogens with zero attached hydrogens (tertiary/aromatic N) is 2. The van der Waals surface area contributed by atoms with Crippen LogP contribution in [0.25, 0.3) is 10.2 Å². The lowest BCUT2D eigenvalue weighted by Crippen LogP contribution is -2.21. The number of fused-ring (bicyclic) bond motifs is 1. The minimum Gasteiger partial charge on any atom is -0.362 e. The Morgan fingerprint density at radius 1 is 1.41 bits per heavy atom. The zero-order valence-corrected chi connectivity index (χ0v) is 10.3. The van der Waals surface area contributed by atoms with Crippen molar-refractivity contribution >= 4 is 37.2 Å². The van der Waals surface area contributed by atoms with Gasteiger partial charge in [-0.1, -0.05) is 0 Å². The second-order valence-electron chi connectivity index (χ2n) is 3.77. The number of rotatable bonds is 2. The minimum atomic E-state index is -3.04. The fraction of sp³-hybridized carbons (Fsp3) is 0.200. The van der Waals surface area contributed by atoms with Crippen molar-refractivity contribution in [3.05, 3.63) is 29.3 Å². The Labute approximate surface area is 102 Å². The monoisotopic (exact) mass is 267 g/mol. The van der Waals surface area contributed by atoms with Crippen LogP contribution in [0.1, 0.15) is 0 Å². The standard InChI is InChI=1S/C10H9N3O2S2/c14-17(15)4-2-7(5-17)13-9-8-1-3-16-10(8)12-6-11-9/h1-4,6-7H,5H2,(H,11,12,13)/t7-/m1/s1. The Hall–Kier alpha value is -1.47. The molecular formula is C10H9N3O2S2. The Kier molecular flexibility index (Phi) is 2.37. The average molecular weight is 267 g/mol. The Morgan fingerprint density at radius 2 is 2.29 bits per heavy atom. The van der Waals surface area contributed by atoms with Crippen molar-refractivity contribution in [1.29, 1.82) is 0 Å². The minimum absolute atomic E-state index is 0.0859. The lowest BCUT2D eigenvalue weighted by atomic mass is 10.3. The van der Waals surface area contributed by atoms with Gasteiger partial charge in [0.25, 0.3) is 0 Å². The normalized spacial score (nSPS) is 22.0. The lowest BCUT2D eigenvalue weighted by Gasteiger charge is -2.10. The van der Waals surface area contributed by atoms with E-state index in [1.807, 2.05) is 11.4 Å². The second kappa shape index (κ2) is 3.78. The number of hydrogen-bond acceptors (Lipinski definition) is 6. The largest absolute Gasteiger partial charge is 0.362 e. The summed E-state index contributed by atoms with van der Waals surface area (Å²) in [5.41, 5.74) is 0. The van der Waals surface area contributed by atoms with Crippen LogP contribution in [0, 0.1) is 0 Å². The van der Waals surface area contributed by atoms with E-state index in [0.717, 1.165) is 10.2 Å². The van der Waals surface area contributed by atoms with Gasteiger partial charge in [0.2, 0.25) is 0 Å². The van der Waals surface area contributed by atoms with Crippen LogP contribution < -0.4 is 5.32 Å². The van der Waals surface area contributed by atoms with Crippen molar-refractivity contribution in [3.8, 4) is 0 Å². The molecule has 3 rings (SSSR count). The molecule has 0 unspecified atom stereocenters. The van der Waals surface area contributed by atoms with Gasteiger partial charge in [0.15, 0.2) is 9.84 Å². The van der Waals surface area contributed by atoms with E-state index in [9.17, 15) is 8.42 Å². The summed E-state index contributed by atoms with van der Waals surface area (Å²) in [6.45, 7) is 0. The smallest absolute Gasteiger partial charge is 0.173 e. The van der Waals surface area contributed by atoms with E-state index in [0.29, 0.717) is 5.82 Å². The highest BCUT2D eigenvalue weighted by Gasteiger charge is 2.22. The Balaban J connectivity index is 1.91. The van der Waals surface area contributed by atoms with Crippen LogP contribution in [0.4, 0.5) is 5.82 Å². The zero-order valence-electron chi connectivity index (χ0n) is 8.70. The predicted molar refractivity (Wildman–Crippen MR) is 67.8 cm³/mol. The summed E-state index contributed by atoms with van der Waals surface area (Å²) in [5.74, 6) is 0.769. The molecule has 0 aliphatic carbocycles. The van der Waals surface area contributed by atoms with Gasteiger partial charge in [-0.25, -0.2) is 18.4 Å². The maximum atomic E-state index is 11.3. The van der Waals surface area contributed by atoms with Gasteiger partial charge >= 0.3 is 0 Å².